The van der Waals surface area contributed by atoms with Gasteiger partial charge >= 0.3 is 0 Å². The van der Waals surface area contributed by atoms with E-state index in [0.29, 0.717) is 12.8 Å². The molecule has 0 radical (unpaired) electrons. The Morgan fingerprint density at radius 2 is 1.00 bits per heavy atom. The highest BCUT2D eigenvalue weighted by atomic mass is 16.7. The Labute approximate surface area is 403 Å². The summed E-state index contributed by atoms with van der Waals surface area (Å²) in [7, 11) is 0. The summed E-state index contributed by atoms with van der Waals surface area (Å²) in [6, 6.07) is -0.939. The molecule has 1 amide bonds. The highest BCUT2D eigenvalue weighted by Crippen LogP contribution is 2.30. The third kappa shape index (κ3) is 26.5. The highest BCUT2D eigenvalue weighted by Gasteiger charge is 2.51. The summed E-state index contributed by atoms with van der Waals surface area (Å²) in [4.78, 5) is 13.2. The molecule has 9 N–H and O–H groups in total. The number of allylic oxidation sites excluding steroid dienone is 9. The molecule has 12 unspecified atom stereocenters. The number of rotatable bonds is 39. The second-order valence-corrected chi connectivity index (χ2v) is 18.3. The van der Waals surface area contributed by atoms with Crippen LogP contribution in [0.5, 0.6) is 0 Å². The molecule has 2 rings (SSSR count). The molecular weight excluding hydrogens is 859 g/mol. The zero-order valence-corrected chi connectivity index (χ0v) is 41.1. The Morgan fingerprint density at radius 3 is 1.57 bits per heavy atom. The van der Waals surface area contributed by atoms with Crippen LogP contribution in [0.1, 0.15) is 174 Å². The average Bonchev–Trinajstić information content (AvgIpc) is 3.32. The SMILES string of the molecule is CCCCCCC/C=C\C/C=C\C/C=C\CCCCCCCCC(=O)NC(COC1OC(CO)C(OC2OC(CO)C(O)C(O)C2O)C(O)C1O)C(O)/C=C/CC/C=C/CCCCCCCC. The first-order chi connectivity index (χ1) is 32.6. The Balaban J connectivity index is 1.83. The average molecular weight is 952 g/mol. The topological polar surface area (TPSA) is 228 Å². The Hall–Kier alpha value is -2.31. The molecule has 12 atom stereocenters. The molecule has 0 aromatic rings. The monoisotopic (exact) mass is 952 g/mol. The van der Waals surface area contributed by atoms with Crippen LogP contribution in [0, 0.1) is 0 Å². The Morgan fingerprint density at radius 1 is 0.537 bits per heavy atom. The van der Waals surface area contributed by atoms with Crippen LogP contribution in [-0.2, 0) is 23.7 Å². The quantitative estimate of drug-likeness (QED) is 0.0223. The second-order valence-electron chi connectivity index (χ2n) is 18.3. The van der Waals surface area contributed by atoms with Crippen LogP contribution in [0.15, 0.2) is 60.8 Å². The fraction of sp³-hybridized carbons (Fsp3) is 0.792. The Kier molecular flexibility index (Phi) is 35.8. The van der Waals surface area contributed by atoms with Crippen LogP contribution in [-0.4, -0.2) is 140 Å². The number of nitrogens with one attached hydrogen (secondary N) is 1. The molecule has 14 nitrogen and oxygen atoms in total. The molecule has 2 heterocycles. The maximum atomic E-state index is 13.2. The first-order valence-electron chi connectivity index (χ1n) is 26.0. The van der Waals surface area contributed by atoms with Gasteiger partial charge in [-0.3, -0.25) is 4.79 Å². The van der Waals surface area contributed by atoms with Crippen LogP contribution in [0.25, 0.3) is 0 Å². The molecule has 0 bridgehead atoms. The van der Waals surface area contributed by atoms with Gasteiger partial charge < -0.3 is 65.1 Å². The van der Waals surface area contributed by atoms with Crippen LogP contribution in [0.2, 0.25) is 0 Å². The van der Waals surface area contributed by atoms with Crippen LogP contribution in [0.3, 0.4) is 0 Å². The van der Waals surface area contributed by atoms with Crippen molar-refractivity contribution in [3.8, 4) is 0 Å². The van der Waals surface area contributed by atoms with Crippen LogP contribution in [0.4, 0.5) is 0 Å². The van der Waals surface area contributed by atoms with Crippen molar-refractivity contribution >= 4 is 5.91 Å². The van der Waals surface area contributed by atoms with Gasteiger partial charge in [0.25, 0.3) is 0 Å². The summed E-state index contributed by atoms with van der Waals surface area (Å²) < 4.78 is 22.7. The van der Waals surface area contributed by atoms with Gasteiger partial charge in [-0.05, 0) is 70.6 Å². The van der Waals surface area contributed by atoms with Crippen molar-refractivity contribution in [1.29, 1.82) is 0 Å². The van der Waals surface area contributed by atoms with Crippen LogP contribution >= 0.6 is 0 Å². The van der Waals surface area contributed by atoms with E-state index in [2.05, 4.69) is 67.8 Å². The van der Waals surface area contributed by atoms with Gasteiger partial charge in [0.1, 0.15) is 48.8 Å². The van der Waals surface area contributed by atoms with Crippen molar-refractivity contribution in [2.75, 3.05) is 19.8 Å². The van der Waals surface area contributed by atoms with E-state index in [4.69, 9.17) is 18.9 Å². The van der Waals surface area contributed by atoms with Gasteiger partial charge in [0.2, 0.25) is 5.91 Å². The Bertz CT molecular complexity index is 1360. The minimum Gasteiger partial charge on any atom is -0.394 e. The van der Waals surface area contributed by atoms with E-state index in [9.17, 15) is 45.6 Å². The van der Waals surface area contributed by atoms with E-state index in [-0.39, 0.29) is 18.9 Å². The van der Waals surface area contributed by atoms with E-state index in [1.165, 1.54) is 77.0 Å². The maximum Gasteiger partial charge on any atom is 0.220 e. The lowest BCUT2D eigenvalue weighted by Gasteiger charge is -2.46. The smallest absolute Gasteiger partial charge is 0.220 e. The van der Waals surface area contributed by atoms with Gasteiger partial charge in [-0.25, -0.2) is 0 Å². The van der Waals surface area contributed by atoms with Gasteiger partial charge in [0.05, 0.1) is 32.0 Å². The van der Waals surface area contributed by atoms with Crippen molar-refractivity contribution in [3.05, 3.63) is 60.8 Å². The van der Waals surface area contributed by atoms with Gasteiger partial charge in [0.15, 0.2) is 12.6 Å². The summed E-state index contributed by atoms with van der Waals surface area (Å²) in [6.07, 6.45) is 31.2. The second kappa shape index (κ2) is 39.4. The summed E-state index contributed by atoms with van der Waals surface area (Å²) in [5.41, 5.74) is 0. The number of hydrogen-bond donors (Lipinski definition) is 9. The van der Waals surface area contributed by atoms with E-state index in [0.717, 1.165) is 64.2 Å². The molecule has 2 saturated heterocycles. The number of amides is 1. The number of ether oxygens (including phenoxy) is 4. The number of carbonyl (C=O) groups excluding carboxylic acids is 1. The molecule has 0 spiro atoms. The molecular formula is C53H93NO13. The molecule has 2 aliphatic rings. The molecule has 0 aromatic carbocycles. The molecule has 2 aliphatic heterocycles. The lowest BCUT2D eigenvalue weighted by Crippen LogP contribution is -2.65. The van der Waals surface area contributed by atoms with E-state index in [1.54, 1.807) is 6.08 Å². The third-order valence-corrected chi connectivity index (χ3v) is 12.4. The molecule has 0 aromatic heterocycles. The number of aliphatic hydroxyl groups is 8. The van der Waals surface area contributed by atoms with Gasteiger partial charge in [-0.15, -0.1) is 0 Å². The van der Waals surface area contributed by atoms with Gasteiger partial charge in [-0.1, -0.05) is 158 Å². The summed E-state index contributed by atoms with van der Waals surface area (Å²) in [6.45, 7) is 2.71. The molecule has 0 saturated carbocycles. The number of aliphatic hydroxyl groups excluding tert-OH is 8. The zero-order chi connectivity index (χ0) is 48.9. The van der Waals surface area contributed by atoms with Crippen molar-refractivity contribution in [3.63, 3.8) is 0 Å². The van der Waals surface area contributed by atoms with Crippen molar-refractivity contribution in [2.24, 2.45) is 0 Å². The maximum absolute atomic E-state index is 13.2. The minimum absolute atomic E-state index is 0.256. The first kappa shape index (κ1) is 60.8. The van der Waals surface area contributed by atoms with Crippen molar-refractivity contribution in [2.45, 2.75) is 248 Å². The molecule has 0 aliphatic carbocycles. The standard InChI is InChI=1S/C53H93NO13/c1-3-5-7-9-11-13-15-17-18-19-20-21-22-23-24-25-27-29-31-33-35-37-45(58)54-41(42(57)36-34-32-30-28-26-16-14-12-10-8-6-4-2)40-64-52-50(63)48(61)51(44(39-56)66-52)67-53-49(62)47(60)46(59)43(38-55)65-53/h15,17,19-20,22-23,26,28,34,36,41-44,46-53,55-57,59-63H,3-14,16,18,21,24-25,27,29-33,35,37-40H2,1-2H3,(H,54,58)/b17-15-,20-19-,23-22-,28-26+,36-34+. The van der Waals surface area contributed by atoms with Gasteiger partial charge in [0, 0.05) is 6.42 Å². The number of carbonyl (C=O) groups is 1. The van der Waals surface area contributed by atoms with E-state index >= 15 is 0 Å². The number of hydrogen-bond acceptors (Lipinski definition) is 13. The largest absolute Gasteiger partial charge is 0.394 e. The summed E-state index contributed by atoms with van der Waals surface area (Å²) in [5.74, 6) is -0.266. The van der Waals surface area contributed by atoms with Crippen LogP contribution < -0.4 is 5.32 Å². The summed E-state index contributed by atoms with van der Waals surface area (Å²) >= 11 is 0. The number of unbranched alkanes of at least 4 members (excludes halogenated alkanes) is 18. The molecule has 14 heteroatoms. The fourth-order valence-electron chi connectivity index (χ4n) is 8.13. The predicted octanol–water partition coefficient (Wildman–Crippen LogP) is 7.05. The lowest BCUT2D eigenvalue weighted by atomic mass is 9.97. The fourth-order valence-corrected chi connectivity index (χ4v) is 8.13. The molecule has 67 heavy (non-hydrogen) atoms. The third-order valence-electron chi connectivity index (χ3n) is 12.4. The van der Waals surface area contributed by atoms with Crippen molar-refractivity contribution in [1.82, 2.24) is 5.32 Å². The highest BCUT2D eigenvalue weighted by molar-refractivity contribution is 5.76. The van der Waals surface area contributed by atoms with E-state index < -0.39 is 86.8 Å². The summed E-state index contributed by atoms with van der Waals surface area (Å²) in [5, 5.41) is 86.7. The van der Waals surface area contributed by atoms with Crippen molar-refractivity contribution < 1.29 is 64.6 Å². The van der Waals surface area contributed by atoms with E-state index in [1.807, 2.05) is 6.08 Å². The molecule has 2 fully saturated rings. The zero-order valence-electron chi connectivity index (χ0n) is 41.1. The predicted molar refractivity (Wildman–Crippen MR) is 263 cm³/mol. The van der Waals surface area contributed by atoms with Gasteiger partial charge in [-0.2, -0.15) is 0 Å². The molecule has 388 valence electrons. The first-order valence-corrected chi connectivity index (χ1v) is 26.0. The lowest BCUT2D eigenvalue weighted by molar-refractivity contribution is -0.359. The minimum atomic E-state index is -1.79. The normalized spacial score (nSPS) is 27.1.